The van der Waals surface area contributed by atoms with Crippen LogP contribution in [0, 0.1) is 0 Å². The number of nitrogens with zero attached hydrogens (tertiary/aromatic N) is 1. The first-order chi connectivity index (χ1) is 9.08. The van der Waals surface area contributed by atoms with E-state index in [9.17, 15) is 9.59 Å². The molecule has 5 nitrogen and oxygen atoms in total. The predicted molar refractivity (Wildman–Crippen MR) is 72.5 cm³/mol. The second kappa shape index (κ2) is 6.16. The van der Waals surface area contributed by atoms with Crippen molar-refractivity contribution in [1.82, 2.24) is 4.90 Å². The van der Waals surface area contributed by atoms with E-state index in [1.165, 1.54) is 16.7 Å². The van der Waals surface area contributed by atoms with Crippen molar-refractivity contribution in [3.05, 3.63) is 29.3 Å². The van der Waals surface area contributed by atoms with E-state index in [2.05, 4.69) is 0 Å². The molecule has 0 radical (unpaired) electrons. The lowest BCUT2D eigenvalue weighted by Gasteiger charge is -2.20. The number of amides is 1. The van der Waals surface area contributed by atoms with Crippen LogP contribution in [-0.2, 0) is 9.59 Å². The van der Waals surface area contributed by atoms with Crippen LogP contribution in [-0.4, -0.2) is 46.2 Å². The van der Waals surface area contributed by atoms with Crippen molar-refractivity contribution < 1.29 is 19.4 Å². The molecule has 0 aliphatic carbocycles. The maximum Gasteiger partial charge on any atom is 0.327 e. The van der Waals surface area contributed by atoms with E-state index in [1.54, 1.807) is 24.3 Å². The SMILES string of the molecule is O=C(O)[C@@H]1CSCN1C(=O)COc1ccc(Cl)cc1. The van der Waals surface area contributed by atoms with Gasteiger partial charge in [0.25, 0.3) is 5.91 Å². The number of aliphatic carboxylic acids is 1. The first kappa shape index (κ1) is 14.0. The smallest absolute Gasteiger partial charge is 0.327 e. The van der Waals surface area contributed by atoms with Crippen LogP contribution in [0.15, 0.2) is 24.3 Å². The molecule has 2 rings (SSSR count). The number of ether oxygens (including phenoxy) is 1. The number of benzene rings is 1. The largest absolute Gasteiger partial charge is 0.484 e. The van der Waals surface area contributed by atoms with Crippen LogP contribution >= 0.6 is 23.4 Å². The number of thioether (sulfide) groups is 1. The fraction of sp³-hybridized carbons (Fsp3) is 0.333. The second-order valence-corrected chi connectivity index (χ2v) is 5.40. The third kappa shape index (κ3) is 3.54. The monoisotopic (exact) mass is 301 g/mol. The lowest BCUT2D eigenvalue weighted by atomic mass is 10.3. The summed E-state index contributed by atoms with van der Waals surface area (Å²) in [7, 11) is 0. The summed E-state index contributed by atoms with van der Waals surface area (Å²) < 4.78 is 5.31. The van der Waals surface area contributed by atoms with Crippen LogP contribution in [0.4, 0.5) is 0 Å². The van der Waals surface area contributed by atoms with Gasteiger partial charge in [0.2, 0.25) is 0 Å². The minimum Gasteiger partial charge on any atom is -0.484 e. The van der Waals surface area contributed by atoms with Gasteiger partial charge in [-0.1, -0.05) is 11.6 Å². The van der Waals surface area contributed by atoms with E-state index < -0.39 is 12.0 Å². The van der Waals surface area contributed by atoms with E-state index in [0.717, 1.165) is 0 Å². The molecule has 19 heavy (non-hydrogen) atoms. The summed E-state index contributed by atoms with van der Waals surface area (Å²) in [5.41, 5.74) is 0. The predicted octanol–water partition coefficient (Wildman–Crippen LogP) is 1.70. The summed E-state index contributed by atoms with van der Waals surface area (Å²) in [5.74, 6) is 0.0237. The minimum absolute atomic E-state index is 0.175. The standard InChI is InChI=1S/C12H12ClNO4S/c13-8-1-3-9(4-2-8)18-5-11(15)14-7-19-6-10(14)12(16)17/h1-4,10H,5-7H2,(H,16,17)/t10-/m0/s1. The molecule has 1 aliphatic heterocycles. The van der Waals surface area contributed by atoms with Crippen molar-refractivity contribution in [2.45, 2.75) is 6.04 Å². The third-order valence-electron chi connectivity index (χ3n) is 2.66. The molecule has 1 aromatic rings. The van der Waals surface area contributed by atoms with E-state index in [1.807, 2.05) is 0 Å². The van der Waals surface area contributed by atoms with E-state index in [0.29, 0.717) is 22.4 Å². The molecule has 1 heterocycles. The summed E-state index contributed by atoms with van der Waals surface area (Å²) in [4.78, 5) is 24.2. The summed E-state index contributed by atoms with van der Waals surface area (Å²) in [6, 6.07) is 5.87. The Morgan fingerprint density at radius 3 is 2.74 bits per heavy atom. The Hall–Kier alpha value is -1.40. The van der Waals surface area contributed by atoms with Crippen molar-refractivity contribution >= 4 is 35.2 Å². The first-order valence-electron chi connectivity index (χ1n) is 5.56. The summed E-state index contributed by atoms with van der Waals surface area (Å²) in [5, 5.41) is 9.57. The van der Waals surface area contributed by atoms with Gasteiger partial charge in [0.05, 0.1) is 5.88 Å². The molecule has 1 aromatic carbocycles. The summed E-state index contributed by atoms with van der Waals surface area (Å²) in [6.07, 6.45) is 0. The number of hydrogen-bond acceptors (Lipinski definition) is 4. The second-order valence-electron chi connectivity index (χ2n) is 3.96. The van der Waals surface area contributed by atoms with Gasteiger partial charge < -0.3 is 14.7 Å². The van der Waals surface area contributed by atoms with E-state index >= 15 is 0 Å². The van der Waals surface area contributed by atoms with Gasteiger partial charge in [-0.3, -0.25) is 4.79 Å². The average molecular weight is 302 g/mol. The summed E-state index contributed by atoms with van der Waals surface area (Å²) in [6.45, 7) is -0.175. The Balaban J connectivity index is 1.90. The topological polar surface area (TPSA) is 66.8 Å². The molecule has 1 amide bonds. The fourth-order valence-electron chi connectivity index (χ4n) is 1.65. The highest BCUT2D eigenvalue weighted by molar-refractivity contribution is 7.99. The Labute approximate surface area is 119 Å². The molecule has 1 saturated heterocycles. The van der Waals surface area contributed by atoms with Crippen LogP contribution in [0.3, 0.4) is 0 Å². The molecule has 102 valence electrons. The number of carbonyl (C=O) groups excluding carboxylic acids is 1. The lowest BCUT2D eigenvalue weighted by Crippen LogP contribution is -2.43. The molecule has 0 aromatic heterocycles. The Kier molecular flexibility index (Phi) is 4.55. The Morgan fingerprint density at radius 2 is 2.11 bits per heavy atom. The number of carbonyl (C=O) groups is 2. The average Bonchev–Trinajstić information content (AvgIpc) is 2.87. The zero-order valence-corrected chi connectivity index (χ0v) is 11.5. The number of carboxylic acid groups (broad SMARTS) is 1. The van der Waals surface area contributed by atoms with Crippen LogP contribution in [0.25, 0.3) is 0 Å². The molecular formula is C12H12ClNO4S. The van der Waals surface area contributed by atoms with Crippen LogP contribution < -0.4 is 4.74 Å². The number of carboxylic acids is 1. The molecule has 1 N–H and O–H groups in total. The van der Waals surface area contributed by atoms with Crippen molar-refractivity contribution in [2.75, 3.05) is 18.2 Å². The van der Waals surface area contributed by atoms with Gasteiger partial charge in [0.15, 0.2) is 6.61 Å². The maximum absolute atomic E-state index is 11.9. The minimum atomic E-state index is -0.982. The van der Waals surface area contributed by atoms with Gasteiger partial charge in [0, 0.05) is 10.8 Å². The molecule has 0 unspecified atom stereocenters. The number of rotatable bonds is 4. The van der Waals surface area contributed by atoms with Crippen molar-refractivity contribution in [1.29, 1.82) is 0 Å². The van der Waals surface area contributed by atoms with Crippen LogP contribution in [0.5, 0.6) is 5.75 Å². The highest BCUT2D eigenvalue weighted by Gasteiger charge is 2.34. The molecule has 1 aliphatic rings. The Morgan fingerprint density at radius 1 is 1.42 bits per heavy atom. The van der Waals surface area contributed by atoms with Crippen LogP contribution in [0.2, 0.25) is 5.02 Å². The maximum atomic E-state index is 11.9. The molecule has 0 bridgehead atoms. The normalized spacial score (nSPS) is 18.4. The fourth-order valence-corrected chi connectivity index (χ4v) is 2.95. The molecule has 0 saturated carbocycles. The van der Waals surface area contributed by atoms with Crippen molar-refractivity contribution in [3.63, 3.8) is 0 Å². The molecule has 1 fully saturated rings. The van der Waals surface area contributed by atoms with Gasteiger partial charge in [-0.25, -0.2) is 4.79 Å². The molecular weight excluding hydrogens is 290 g/mol. The highest BCUT2D eigenvalue weighted by atomic mass is 35.5. The van der Waals surface area contributed by atoms with Gasteiger partial charge in [-0.15, -0.1) is 11.8 Å². The lowest BCUT2D eigenvalue weighted by molar-refractivity contribution is -0.148. The molecule has 1 atom stereocenters. The van der Waals surface area contributed by atoms with Gasteiger partial charge in [-0.05, 0) is 24.3 Å². The summed E-state index contributed by atoms with van der Waals surface area (Å²) >= 11 is 7.16. The Bertz CT molecular complexity index is 479. The number of halogens is 1. The first-order valence-corrected chi connectivity index (χ1v) is 7.09. The van der Waals surface area contributed by atoms with E-state index in [-0.39, 0.29) is 12.5 Å². The highest BCUT2D eigenvalue weighted by Crippen LogP contribution is 2.21. The third-order valence-corrected chi connectivity index (χ3v) is 3.93. The zero-order chi connectivity index (χ0) is 13.8. The van der Waals surface area contributed by atoms with Gasteiger partial charge in [0.1, 0.15) is 11.8 Å². The zero-order valence-electron chi connectivity index (χ0n) is 9.91. The van der Waals surface area contributed by atoms with Crippen molar-refractivity contribution in [3.8, 4) is 5.75 Å². The quantitative estimate of drug-likeness (QED) is 0.917. The van der Waals surface area contributed by atoms with Gasteiger partial charge in [-0.2, -0.15) is 0 Å². The van der Waals surface area contributed by atoms with Crippen molar-refractivity contribution in [2.24, 2.45) is 0 Å². The van der Waals surface area contributed by atoms with Crippen LogP contribution in [0.1, 0.15) is 0 Å². The van der Waals surface area contributed by atoms with Gasteiger partial charge >= 0.3 is 5.97 Å². The number of hydrogen-bond donors (Lipinski definition) is 1. The molecule has 0 spiro atoms. The van der Waals surface area contributed by atoms with E-state index in [4.69, 9.17) is 21.4 Å². The molecule has 7 heteroatoms.